The van der Waals surface area contributed by atoms with Gasteiger partial charge in [-0.3, -0.25) is 14.5 Å². The van der Waals surface area contributed by atoms with Gasteiger partial charge in [0.15, 0.2) is 16.0 Å². The van der Waals surface area contributed by atoms with Crippen molar-refractivity contribution in [1.29, 1.82) is 5.26 Å². The number of aromatic carboxylic acids is 1. The molecule has 10 heteroatoms. The highest BCUT2D eigenvalue weighted by Crippen LogP contribution is 2.11. The molecule has 0 aliphatic carbocycles. The van der Waals surface area contributed by atoms with Gasteiger partial charge in [0, 0.05) is 12.6 Å². The number of likely N-dealkylation sites (N-methyl/N-ethyl adjacent to an activating group) is 1. The van der Waals surface area contributed by atoms with Crippen molar-refractivity contribution in [3.8, 4) is 6.19 Å². The third-order valence-electron chi connectivity index (χ3n) is 4.13. The molecule has 2 aromatic rings. The van der Waals surface area contributed by atoms with Crippen LogP contribution in [0, 0.1) is 11.5 Å². The molecule has 2 rings (SSSR count). The van der Waals surface area contributed by atoms with Crippen LogP contribution in [-0.2, 0) is 20.4 Å². The van der Waals surface area contributed by atoms with Crippen LogP contribution in [0.4, 0.5) is 0 Å². The van der Waals surface area contributed by atoms with Gasteiger partial charge in [0.25, 0.3) is 11.8 Å². The summed E-state index contributed by atoms with van der Waals surface area (Å²) >= 11 is 0. The van der Waals surface area contributed by atoms with E-state index in [9.17, 15) is 22.8 Å². The third-order valence-corrected chi connectivity index (χ3v) is 5.74. The van der Waals surface area contributed by atoms with E-state index in [2.05, 4.69) is 5.32 Å². The van der Waals surface area contributed by atoms with Crippen molar-refractivity contribution in [2.75, 3.05) is 12.8 Å². The molecule has 156 valence electrons. The van der Waals surface area contributed by atoms with Gasteiger partial charge in [-0.25, -0.2) is 13.2 Å². The Morgan fingerprint density at radius 3 is 2.20 bits per heavy atom. The summed E-state index contributed by atoms with van der Waals surface area (Å²) < 4.78 is 25.3. The largest absolute Gasteiger partial charge is 0.478 e. The average molecular weight is 429 g/mol. The number of hydrogen-bond acceptors (Lipinski definition) is 6. The second-order valence-electron chi connectivity index (χ2n) is 6.45. The number of carboxylic acids is 1. The minimum atomic E-state index is -3.90. The molecule has 30 heavy (non-hydrogen) atoms. The van der Waals surface area contributed by atoms with Crippen LogP contribution in [-0.4, -0.2) is 55.1 Å². The number of nitrogens with zero attached hydrogens (tertiary/aromatic N) is 2. The molecule has 0 heterocycles. The normalized spacial score (nSPS) is 11.7. The van der Waals surface area contributed by atoms with Gasteiger partial charge in [-0.15, -0.1) is 0 Å². The second-order valence-corrected chi connectivity index (χ2v) is 8.56. The number of hydrogen-bond donors (Lipinski definition) is 2. The molecule has 2 amide bonds. The van der Waals surface area contributed by atoms with Crippen molar-refractivity contribution in [2.45, 2.75) is 11.8 Å². The van der Waals surface area contributed by atoms with Crippen LogP contribution >= 0.6 is 0 Å². The molecule has 0 radical (unpaired) electrons. The highest BCUT2D eigenvalue weighted by atomic mass is 32.2. The molecule has 0 saturated carbocycles. The molecule has 0 saturated heterocycles. The Morgan fingerprint density at radius 2 is 1.67 bits per heavy atom. The van der Waals surface area contributed by atoms with Crippen LogP contribution in [0.25, 0.3) is 0 Å². The first-order valence-corrected chi connectivity index (χ1v) is 10.5. The lowest BCUT2D eigenvalue weighted by Gasteiger charge is -2.20. The van der Waals surface area contributed by atoms with Crippen molar-refractivity contribution in [2.24, 2.45) is 0 Å². The first-order chi connectivity index (χ1) is 14.1. The lowest BCUT2D eigenvalue weighted by molar-refractivity contribution is -0.128. The molecule has 0 aliphatic rings. The van der Waals surface area contributed by atoms with Crippen molar-refractivity contribution in [1.82, 2.24) is 10.2 Å². The van der Waals surface area contributed by atoms with Gasteiger partial charge in [0.1, 0.15) is 6.04 Å². The summed E-state index contributed by atoms with van der Waals surface area (Å²) in [6, 6.07) is 11.7. The molecule has 2 aromatic carbocycles. The van der Waals surface area contributed by atoms with E-state index in [1.807, 2.05) is 0 Å². The molecule has 0 unspecified atom stereocenters. The van der Waals surface area contributed by atoms with Gasteiger partial charge in [0.05, 0.1) is 17.1 Å². The van der Waals surface area contributed by atoms with Crippen LogP contribution in [0.3, 0.4) is 0 Å². The molecule has 1 atom stereocenters. The lowest BCUT2D eigenvalue weighted by Crippen LogP contribution is -2.50. The summed E-state index contributed by atoms with van der Waals surface area (Å²) in [4.78, 5) is 36.4. The summed E-state index contributed by atoms with van der Waals surface area (Å²) in [6.45, 7) is 0. The molecule has 0 aromatic heterocycles. The van der Waals surface area contributed by atoms with E-state index in [1.54, 1.807) is 24.4 Å². The summed E-state index contributed by atoms with van der Waals surface area (Å²) in [6.07, 6.45) is 1.59. The van der Waals surface area contributed by atoms with Crippen LogP contribution < -0.4 is 5.32 Å². The zero-order valence-corrected chi connectivity index (χ0v) is 16.8. The van der Waals surface area contributed by atoms with E-state index >= 15 is 0 Å². The Bertz CT molecular complexity index is 1080. The van der Waals surface area contributed by atoms with E-state index in [0.29, 0.717) is 10.5 Å². The number of sulfone groups is 1. The number of nitriles is 1. The number of benzene rings is 2. The van der Waals surface area contributed by atoms with Crippen molar-refractivity contribution >= 4 is 27.6 Å². The smallest absolute Gasteiger partial charge is 0.335 e. The Hall–Kier alpha value is -3.71. The highest BCUT2D eigenvalue weighted by molar-refractivity contribution is 7.90. The minimum absolute atomic E-state index is 0.00923. The van der Waals surface area contributed by atoms with E-state index < -0.39 is 45.2 Å². The van der Waals surface area contributed by atoms with Crippen molar-refractivity contribution < 1.29 is 27.9 Å². The molecule has 2 N–H and O–H groups in total. The molecular weight excluding hydrogens is 410 g/mol. The van der Waals surface area contributed by atoms with Crippen molar-refractivity contribution in [3.63, 3.8) is 0 Å². The van der Waals surface area contributed by atoms with Crippen LogP contribution in [0.2, 0.25) is 0 Å². The first-order valence-electron chi connectivity index (χ1n) is 8.69. The number of amides is 2. The predicted octanol–water partition coefficient (Wildman–Crippen LogP) is 1.04. The van der Waals surface area contributed by atoms with Gasteiger partial charge in [0.2, 0.25) is 0 Å². The predicted molar refractivity (Wildman–Crippen MR) is 107 cm³/mol. The van der Waals surface area contributed by atoms with E-state index in [-0.39, 0.29) is 11.1 Å². The van der Waals surface area contributed by atoms with Gasteiger partial charge in [-0.1, -0.05) is 30.3 Å². The van der Waals surface area contributed by atoms with Gasteiger partial charge < -0.3 is 10.4 Å². The Balaban J connectivity index is 2.20. The van der Waals surface area contributed by atoms with E-state index in [4.69, 9.17) is 10.4 Å². The molecule has 0 spiro atoms. The highest BCUT2D eigenvalue weighted by Gasteiger charge is 2.30. The summed E-state index contributed by atoms with van der Waals surface area (Å²) in [5, 5.41) is 20.2. The SMILES string of the molecule is CN(C#N)C(=O)[C@H](CS(=O)(=O)Cc1ccc(C(=O)O)cc1)NC(=O)c1ccccc1. The fourth-order valence-corrected chi connectivity index (χ4v) is 4.15. The maximum Gasteiger partial charge on any atom is 0.335 e. The fourth-order valence-electron chi connectivity index (χ4n) is 2.60. The van der Waals surface area contributed by atoms with Crippen LogP contribution in [0.5, 0.6) is 0 Å². The second kappa shape index (κ2) is 9.67. The number of carboxylic acid groups (broad SMARTS) is 1. The summed E-state index contributed by atoms with van der Waals surface area (Å²) in [5.74, 6) is -3.85. The number of carbonyl (C=O) groups is 3. The lowest BCUT2D eigenvalue weighted by atomic mass is 10.1. The van der Waals surface area contributed by atoms with E-state index in [0.717, 1.165) is 0 Å². The van der Waals surface area contributed by atoms with Gasteiger partial charge >= 0.3 is 5.97 Å². The first kappa shape index (κ1) is 22.6. The Labute approximate surface area is 173 Å². The number of nitrogens with one attached hydrogen (secondary N) is 1. The quantitative estimate of drug-likeness (QED) is 0.471. The third kappa shape index (κ3) is 6.15. The maximum atomic E-state index is 12.6. The molecule has 9 nitrogen and oxygen atoms in total. The van der Waals surface area contributed by atoms with E-state index in [1.165, 1.54) is 43.4 Å². The number of rotatable bonds is 8. The summed E-state index contributed by atoms with van der Waals surface area (Å²) in [7, 11) is -2.73. The molecular formula is C20H19N3O6S. The maximum absolute atomic E-state index is 12.6. The zero-order chi connectivity index (χ0) is 22.3. The number of carbonyl (C=O) groups excluding carboxylic acids is 2. The molecule has 0 aliphatic heterocycles. The fraction of sp³-hybridized carbons (Fsp3) is 0.200. The van der Waals surface area contributed by atoms with Crippen LogP contribution in [0.1, 0.15) is 26.3 Å². The minimum Gasteiger partial charge on any atom is -0.478 e. The van der Waals surface area contributed by atoms with Gasteiger partial charge in [-0.05, 0) is 29.8 Å². The average Bonchev–Trinajstić information content (AvgIpc) is 2.72. The Kier molecular flexibility index (Phi) is 7.27. The van der Waals surface area contributed by atoms with Crippen LogP contribution in [0.15, 0.2) is 54.6 Å². The standard InChI is InChI=1S/C20H19N3O6S/c1-23(13-21)19(25)17(22-18(24)15-5-3-2-4-6-15)12-30(28,29)11-14-7-9-16(10-8-14)20(26)27/h2-10,17H,11-12H2,1H3,(H,22,24)(H,26,27)/t17-/m0/s1. The summed E-state index contributed by atoms with van der Waals surface area (Å²) in [5.41, 5.74) is 0.570. The Morgan fingerprint density at radius 1 is 1.07 bits per heavy atom. The monoisotopic (exact) mass is 429 g/mol. The van der Waals surface area contributed by atoms with Crippen molar-refractivity contribution in [3.05, 3.63) is 71.3 Å². The zero-order valence-electron chi connectivity index (χ0n) is 16.0. The van der Waals surface area contributed by atoms with Gasteiger partial charge in [-0.2, -0.15) is 5.26 Å². The molecule has 0 bridgehead atoms. The molecule has 0 fully saturated rings. The topological polar surface area (TPSA) is 145 Å².